The van der Waals surface area contributed by atoms with Crippen LogP contribution in [0.1, 0.15) is 25.3 Å². The van der Waals surface area contributed by atoms with Gasteiger partial charge in [-0.2, -0.15) is 0 Å². The van der Waals surface area contributed by atoms with Crippen LogP contribution in [-0.2, 0) is 16.1 Å². The number of urea groups is 1. The maximum Gasteiger partial charge on any atom is 0.317 e. The van der Waals surface area contributed by atoms with Gasteiger partial charge in [0.15, 0.2) is 0 Å². The monoisotopic (exact) mass is 363 g/mol. The number of aromatic nitrogens is 1. The molecule has 142 valence electrons. The van der Waals surface area contributed by atoms with Crippen LogP contribution in [0.15, 0.2) is 18.5 Å². The van der Waals surface area contributed by atoms with Crippen molar-refractivity contribution in [2.75, 3.05) is 32.9 Å². The lowest BCUT2D eigenvalue weighted by Crippen LogP contribution is -2.40. The van der Waals surface area contributed by atoms with Crippen molar-refractivity contribution in [3.05, 3.63) is 24.0 Å². The second-order valence-electron chi connectivity index (χ2n) is 7.22. The summed E-state index contributed by atoms with van der Waals surface area (Å²) in [5.74, 6) is 0.168. The van der Waals surface area contributed by atoms with Crippen molar-refractivity contribution in [1.29, 1.82) is 0 Å². The molecular weight excluding hydrogens is 338 g/mol. The Hall–Kier alpha value is -2.35. The second-order valence-corrected chi connectivity index (χ2v) is 7.22. The number of hydrogen-bond acceptors (Lipinski definition) is 5. The first kappa shape index (κ1) is 18.4. The van der Waals surface area contributed by atoms with Gasteiger partial charge < -0.3 is 24.8 Å². The van der Waals surface area contributed by atoms with Crippen LogP contribution >= 0.6 is 0 Å². The molecule has 2 aliphatic rings. The molecule has 26 heavy (non-hydrogen) atoms. The predicted molar refractivity (Wildman–Crippen MR) is 92.8 cm³/mol. The van der Waals surface area contributed by atoms with Crippen molar-refractivity contribution in [2.45, 2.75) is 26.3 Å². The Morgan fingerprint density at radius 2 is 2.38 bits per heavy atom. The van der Waals surface area contributed by atoms with E-state index in [9.17, 15) is 14.7 Å². The van der Waals surface area contributed by atoms with Crippen LogP contribution in [0.2, 0.25) is 0 Å². The summed E-state index contributed by atoms with van der Waals surface area (Å²) in [5, 5.41) is 12.1. The molecule has 0 saturated carbocycles. The van der Waals surface area contributed by atoms with E-state index < -0.39 is 11.4 Å². The van der Waals surface area contributed by atoms with E-state index in [1.165, 1.54) is 0 Å². The Balaban J connectivity index is 1.53. The fourth-order valence-corrected chi connectivity index (χ4v) is 3.20. The number of rotatable bonds is 6. The summed E-state index contributed by atoms with van der Waals surface area (Å²) in [6.45, 7) is 4.68. The Kier molecular flexibility index (Phi) is 5.61. The molecule has 2 N–H and O–H groups in total. The van der Waals surface area contributed by atoms with Crippen molar-refractivity contribution in [2.24, 2.45) is 11.3 Å². The molecule has 0 aromatic carbocycles. The minimum atomic E-state index is -0.869. The van der Waals surface area contributed by atoms with Crippen molar-refractivity contribution in [3.8, 4) is 5.75 Å². The first-order valence-corrected chi connectivity index (χ1v) is 8.87. The van der Waals surface area contributed by atoms with E-state index >= 15 is 0 Å². The van der Waals surface area contributed by atoms with Crippen LogP contribution in [0.5, 0.6) is 5.75 Å². The van der Waals surface area contributed by atoms with Gasteiger partial charge in [0.05, 0.1) is 24.8 Å². The van der Waals surface area contributed by atoms with Crippen LogP contribution in [0.3, 0.4) is 0 Å². The molecule has 2 unspecified atom stereocenters. The van der Waals surface area contributed by atoms with Crippen molar-refractivity contribution in [3.63, 3.8) is 0 Å². The topological polar surface area (TPSA) is 101 Å². The zero-order chi connectivity index (χ0) is 18.6. The molecule has 1 aromatic rings. The van der Waals surface area contributed by atoms with E-state index in [-0.39, 0.29) is 12.6 Å². The van der Waals surface area contributed by atoms with Crippen LogP contribution in [-0.4, -0.2) is 59.9 Å². The Morgan fingerprint density at radius 3 is 3.08 bits per heavy atom. The fourth-order valence-electron chi connectivity index (χ4n) is 3.20. The second kappa shape index (κ2) is 7.90. The quantitative estimate of drug-likeness (QED) is 0.794. The Labute approximate surface area is 152 Å². The van der Waals surface area contributed by atoms with Gasteiger partial charge in [0.25, 0.3) is 0 Å². The maximum absolute atomic E-state index is 12.4. The predicted octanol–water partition coefficient (Wildman–Crippen LogP) is 1.50. The molecule has 2 atom stereocenters. The highest BCUT2D eigenvalue weighted by atomic mass is 16.5. The molecule has 3 heterocycles. The molecule has 0 spiro atoms. The van der Waals surface area contributed by atoms with Gasteiger partial charge in [-0.1, -0.05) is 0 Å². The molecule has 2 aliphatic heterocycles. The van der Waals surface area contributed by atoms with Gasteiger partial charge in [-0.15, -0.1) is 0 Å². The number of carbonyl (C=O) groups excluding carboxylic acids is 1. The molecule has 2 amide bonds. The summed E-state index contributed by atoms with van der Waals surface area (Å²) in [7, 11) is 0. The number of pyridine rings is 1. The molecule has 0 bridgehead atoms. The lowest BCUT2D eigenvalue weighted by atomic mass is 9.90. The summed E-state index contributed by atoms with van der Waals surface area (Å²) in [5.41, 5.74) is -0.0292. The molecule has 0 aliphatic carbocycles. The first-order valence-electron chi connectivity index (χ1n) is 8.87. The number of amides is 2. The third-order valence-electron chi connectivity index (χ3n) is 5.08. The largest absolute Gasteiger partial charge is 0.491 e. The average molecular weight is 363 g/mol. The van der Waals surface area contributed by atoms with Crippen molar-refractivity contribution < 1.29 is 24.2 Å². The van der Waals surface area contributed by atoms with Gasteiger partial charge in [0.1, 0.15) is 5.75 Å². The van der Waals surface area contributed by atoms with Gasteiger partial charge >= 0.3 is 12.0 Å². The highest BCUT2D eigenvalue weighted by Gasteiger charge is 2.42. The van der Waals surface area contributed by atoms with Crippen LogP contribution in [0.25, 0.3) is 0 Å². The molecular formula is C18H25N3O5. The number of carbonyl (C=O) groups is 2. The number of likely N-dealkylation sites (tertiary alicyclic amines) is 1. The normalized spacial score (nSPS) is 25.3. The Morgan fingerprint density at radius 1 is 1.54 bits per heavy atom. The minimum Gasteiger partial charge on any atom is -0.491 e. The fraction of sp³-hybridized carbons (Fsp3) is 0.611. The van der Waals surface area contributed by atoms with Gasteiger partial charge in [-0.3, -0.25) is 9.78 Å². The lowest BCUT2D eigenvalue weighted by molar-refractivity contribution is -0.147. The lowest BCUT2D eigenvalue weighted by Gasteiger charge is -2.21. The summed E-state index contributed by atoms with van der Waals surface area (Å²) in [6.07, 6.45) is 4.76. The number of aliphatic carboxylic acids is 1. The Bertz CT molecular complexity index is 662. The minimum absolute atomic E-state index is 0.218. The number of nitrogens with zero attached hydrogens (tertiary/aromatic N) is 2. The zero-order valence-electron chi connectivity index (χ0n) is 14.9. The molecule has 8 nitrogen and oxygen atoms in total. The standard InChI is InChI=1S/C18H25N3O5/c1-18(16(22)23)4-6-21(12-18)17(24)20-8-14-2-5-19-9-15(14)26-11-13-3-7-25-10-13/h2,5,9,13H,3-4,6-8,10-12H2,1H3,(H,20,24)(H,22,23). The van der Waals surface area contributed by atoms with Crippen molar-refractivity contribution in [1.82, 2.24) is 15.2 Å². The molecule has 1 aromatic heterocycles. The molecule has 2 saturated heterocycles. The highest BCUT2D eigenvalue weighted by molar-refractivity contribution is 5.79. The van der Waals surface area contributed by atoms with Gasteiger partial charge in [-0.05, 0) is 25.8 Å². The van der Waals surface area contributed by atoms with Crippen molar-refractivity contribution >= 4 is 12.0 Å². The maximum atomic E-state index is 12.4. The van der Waals surface area contributed by atoms with E-state index in [0.717, 1.165) is 18.6 Å². The van der Waals surface area contributed by atoms with Crippen LogP contribution in [0.4, 0.5) is 4.79 Å². The smallest absolute Gasteiger partial charge is 0.317 e. The van der Waals surface area contributed by atoms with E-state index in [1.54, 1.807) is 24.2 Å². The van der Waals surface area contributed by atoms with E-state index in [1.807, 2.05) is 6.07 Å². The van der Waals surface area contributed by atoms with E-state index in [0.29, 0.717) is 44.4 Å². The summed E-state index contributed by atoms with van der Waals surface area (Å²) in [6, 6.07) is 1.55. The van der Waals surface area contributed by atoms with Gasteiger partial charge in [-0.25, -0.2) is 4.79 Å². The molecule has 0 radical (unpaired) electrons. The highest BCUT2D eigenvalue weighted by Crippen LogP contribution is 2.30. The zero-order valence-corrected chi connectivity index (χ0v) is 14.9. The van der Waals surface area contributed by atoms with E-state index in [4.69, 9.17) is 9.47 Å². The van der Waals surface area contributed by atoms with Crippen LogP contribution < -0.4 is 10.1 Å². The SMILES string of the molecule is CC1(C(=O)O)CCN(C(=O)NCc2ccncc2OCC2CCOC2)C1. The molecule has 3 rings (SSSR count). The third kappa shape index (κ3) is 4.24. The number of carboxylic acid groups (broad SMARTS) is 1. The molecule has 8 heteroatoms. The number of ether oxygens (including phenoxy) is 2. The summed E-state index contributed by atoms with van der Waals surface area (Å²) < 4.78 is 11.2. The number of nitrogens with one attached hydrogen (secondary N) is 1. The molecule has 2 fully saturated rings. The average Bonchev–Trinajstić information content (AvgIpc) is 3.29. The number of carboxylic acids is 1. The first-order chi connectivity index (χ1) is 12.5. The third-order valence-corrected chi connectivity index (χ3v) is 5.08. The number of hydrogen-bond donors (Lipinski definition) is 2. The van der Waals surface area contributed by atoms with Crippen LogP contribution in [0, 0.1) is 11.3 Å². The van der Waals surface area contributed by atoms with Gasteiger partial charge in [0.2, 0.25) is 0 Å². The van der Waals surface area contributed by atoms with Gasteiger partial charge in [0, 0.05) is 43.9 Å². The summed E-state index contributed by atoms with van der Waals surface area (Å²) >= 11 is 0. The van der Waals surface area contributed by atoms with E-state index in [2.05, 4.69) is 10.3 Å². The summed E-state index contributed by atoms with van der Waals surface area (Å²) in [4.78, 5) is 29.3.